The van der Waals surface area contributed by atoms with Gasteiger partial charge < -0.3 is 10.2 Å². The molecule has 0 amide bonds. The Labute approximate surface area is 103 Å². The van der Waals surface area contributed by atoms with Gasteiger partial charge in [-0.05, 0) is 12.8 Å². The summed E-state index contributed by atoms with van der Waals surface area (Å²) in [4.78, 5) is 9.79. The van der Waals surface area contributed by atoms with E-state index in [1.165, 1.54) is 0 Å². The number of hydrogen-bond donors (Lipinski definition) is 2. The van der Waals surface area contributed by atoms with Crippen LogP contribution >= 0.6 is 0 Å². The van der Waals surface area contributed by atoms with Crippen molar-refractivity contribution in [2.24, 2.45) is 0 Å². The minimum Gasteiger partial charge on any atom is -0.481 e. The molecule has 0 rings (SSSR count). The summed E-state index contributed by atoms with van der Waals surface area (Å²) >= 11 is 0. The summed E-state index contributed by atoms with van der Waals surface area (Å²) in [6.45, 7) is 0.0906. The predicted molar refractivity (Wildman–Crippen MR) is 34.3 cm³/mol. The fourth-order valence-electron chi connectivity index (χ4n) is 0.388. The smallest absolute Gasteiger partial charge is 0.303 e. The molecule has 0 aliphatic heterocycles. The summed E-state index contributed by atoms with van der Waals surface area (Å²) in [5, 5.41) is 16.2. The molecule has 0 aliphatic rings. The molecule has 0 spiro atoms. The van der Waals surface area contributed by atoms with Crippen LogP contribution in [0.5, 0.6) is 0 Å². The molecule has 0 aromatic rings. The maximum absolute atomic E-state index is 9.79. The SMILES string of the molecule is O=C(O)CCCCO.[Rb]. The Morgan fingerprint density at radius 3 is 2.22 bits per heavy atom. The van der Waals surface area contributed by atoms with Gasteiger partial charge in [0, 0.05) is 71.2 Å². The quantitative estimate of drug-likeness (QED) is 0.625. The maximum Gasteiger partial charge on any atom is 0.303 e. The van der Waals surface area contributed by atoms with Crippen LogP contribution in [0.15, 0.2) is 0 Å². The molecule has 0 atom stereocenters. The molecule has 49 valence electrons. The van der Waals surface area contributed by atoms with Crippen LogP contribution in [0.25, 0.3) is 0 Å². The minimum atomic E-state index is -0.793. The zero-order valence-corrected chi connectivity index (χ0v) is 10.5. The Morgan fingerprint density at radius 1 is 1.33 bits per heavy atom. The fraction of sp³-hybridized carbons (Fsp3) is 0.800. The van der Waals surface area contributed by atoms with Crippen molar-refractivity contribution in [1.82, 2.24) is 0 Å². The van der Waals surface area contributed by atoms with E-state index in [-0.39, 0.29) is 71.2 Å². The number of rotatable bonds is 4. The molecule has 1 radical (unpaired) electrons. The number of hydrogen-bond acceptors (Lipinski definition) is 2. The average Bonchev–Trinajstić information content (AvgIpc) is 1.66. The number of aliphatic carboxylic acids is 1. The second-order valence-corrected chi connectivity index (χ2v) is 1.57. The third-order valence-electron chi connectivity index (χ3n) is 0.799. The van der Waals surface area contributed by atoms with E-state index in [4.69, 9.17) is 10.2 Å². The van der Waals surface area contributed by atoms with Crippen LogP contribution in [0.4, 0.5) is 0 Å². The number of carbonyl (C=O) groups is 1. The molecule has 0 saturated carbocycles. The molecular formula is C5H10O3Rb. The van der Waals surface area contributed by atoms with Gasteiger partial charge in [-0.3, -0.25) is 4.79 Å². The number of aliphatic hydroxyl groups is 1. The Bertz CT molecular complexity index is 74.6. The van der Waals surface area contributed by atoms with Crippen LogP contribution in [0.1, 0.15) is 19.3 Å². The van der Waals surface area contributed by atoms with Gasteiger partial charge in [-0.15, -0.1) is 0 Å². The van der Waals surface area contributed by atoms with E-state index < -0.39 is 5.97 Å². The number of carboxylic acids is 1. The van der Waals surface area contributed by atoms with Crippen molar-refractivity contribution >= 4 is 64.2 Å². The van der Waals surface area contributed by atoms with Crippen LogP contribution in [-0.4, -0.2) is 81.0 Å². The van der Waals surface area contributed by atoms with Crippen LogP contribution < -0.4 is 0 Å². The monoisotopic (exact) mass is 203 g/mol. The summed E-state index contributed by atoms with van der Waals surface area (Å²) in [5.74, 6) is -0.793. The van der Waals surface area contributed by atoms with Crippen molar-refractivity contribution in [1.29, 1.82) is 0 Å². The molecule has 0 saturated heterocycles. The van der Waals surface area contributed by atoms with Crippen LogP contribution in [0, 0.1) is 0 Å². The van der Waals surface area contributed by atoms with E-state index in [2.05, 4.69) is 0 Å². The first kappa shape index (κ1) is 12.9. The van der Waals surface area contributed by atoms with E-state index in [1.807, 2.05) is 0 Å². The van der Waals surface area contributed by atoms with Gasteiger partial charge in [0.15, 0.2) is 0 Å². The summed E-state index contributed by atoms with van der Waals surface area (Å²) in [6.07, 6.45) is 1.33. The zero-order chi connectivity index (χ0) is 6.41. The number of unbranched alkanes of at least 4 members (excludes halogenated alkanes) is 1. The van der Waals surface area contributed by atoms with Gasteiger partial charge in [-0.25, -0.2) is 0 Å². The Balaban J connectivity index is 0. The van der Waals surface area contributed by atoms with Crippen molar-refractivity contribution < 1.29 is 15.0 Å². The topological polar surface area (TPSA) is 57.5 Å². The Morgan fingerprint density at radius 2 is 1.89 bits per heavy atom. The zero-order valence-electron chi connectivity index (χ0n) is 5.63. The van der Waals surface area contributed by atoms with Crippen LogP contribution in [0.3, 0.4) is 0 Å². The average molecular weight is 204 g/mol. The predicted octanol–water partition coefficient (Wildman–Crippen LogP) is -0.147. The summed E-state index contributed by atoms with van der Waals surface area (Å²) < 4.78 is 0. The molecule has 9 heavy (non-hydrogen) atoms. The fourth-order valence-corrected chi connectivity index (χ4v) is 0.388. The Hall–Kier alpha value is 1.24. The molecule has 2 N–H and O–H groups in total. The normalized spacial score (nSPS) is 8.11. The van der Waals surface area contributed by atoms with E-state index >= 15 is 0 Å². The summed E-state index contributed by atoms with van der Waals surface area (Å²) in [7, 11) is 0. The molecule has 0 unspecified atom stereocenters. The van der Waals surface area contributed by atoms with Gasteiger partial charge >= 0.3 is 5.97 Å². The molecule has 0 aromatic heterocycles. The van der Waals surface area contributed by atoms with Gasteiger partial charge in [-0.1, -0.05) is 0 Å². The largest absolute Gasteiger partial charge is 0.481 e. The Kier molecular flexibility index (Phi) is 13.2. The summed E-state index contributed by atoms with van der Waals surface area (Å²) in [5.41, 5.74) is 0. The van der Waals surface area contributed by atoms with Crippen molar-refractivity contribution in [3.05, 3.63) is 0 Å². The van der Waals surface area contributed by atoms with E-state index in [0.717, 1.165) is 0 Å². The number of carboxylic acid groups (broad SMARTS) is 1. The van der Waals surface area contributed by atoms with Crippen molar-refractivity contribution in [2.75, 3.05) is 6.61 Å². The maximum atomic E-state index is 9.79. The van der Waals surface area contributed by atoms with Crippen LogP contribution in [0.2, 0.25) is 0 Å². The van der Waals surface area contributed by atoms with E-state index in [1.54, 1.807) is 0 Å². The van der Waals surface area contributed by atoms with Crippen molar-refractivity contribution in [3.8, 4) is 0 Å². The van der Waals surface area contributed by atoms with Crippen LogP contribution in [-0.2, 0) is 4.79 Å². The standard InChI is InChI=1S/C5H10O3.Rb/c6-4-2-1-3-5(7)8;/h6H,1-4H2,(H,7,8);. The first-order valence-electron chi connectivity index (χ1n) is 2.60. The molecule has 0 heterocycles. The molecule has 0 fully saturated rings. The number of aliphatic hydroxyl groups excluding tert-OH is 1. The molecule has 0 aromatic carbocycles. The van der Waals surface area contributed by atoms with Gasteiger partial charge in [0.2, 0.25) is 0 Å². The van der Waals surface area contributed by atoms with Gasteiger partial charge in [0.1, 0.15) is 0 Å². The van der Waals surface area contributed by atoms with E-state index in [9.17, 15) is 4.79 Å². The van der Waals surface area contributed by atoms with Crippen molar-refractivity contribution in [2.45, 2.75) is 19.3 Å². The molecule has 0 aliphatic carbocycles. The third kappa shape index (κ3) is 12.4. The first-order chi connectivity index (χ1) is 3.77. The van der Waals surface area contributed by atoms with Gasteiger partial charge in [0.05, 0.1) is 0 Å². The molecule has 4 heteroatoms. The molecule has 3 nitrogen and oxygen atoms in total. The minimum absolute atomic E-state index is 0. The van der Waals surface area contributed by atoms with Gasteiger partial charge in [-0.2, -0.15) is 0 Å². The van der Waals surface area contributed by atoms with Gasteiger partial charge in [0.25, 0.3) is 0 Å². The second kappa shape index (κ2) is 9.24. The molecular weight excluding hydrogens is 194 g/mol. The van der Waals surface area contributed by atoms with E-state index in [0.29, 0.717) is 12.8 Å². The molecule has 0 bridgehead atoms. The second-order valence-electron chi connectivity index (χ2n) is 1.57. The third-order valence-corrected chi connectivity index (χ3v) is 0.799. The summed E-state index contributed by atoms with van der Waals surface area (Å²) in [6, 6.07) is 0. The first-order valence-corrected chi connectivity index (χ1v) is 2.60. The van der Waals surface area contributed by atoms with Crippen molar-refractivity contribution in [3.63, 3.8) is 0 Å².